The molecule has 6 N–H and O–H groups in total. The number of ether oxygens (including phenoxy) is 3. The first-order chi connectivity index (χ1) is 36.0. The lowest BCUT2D eigenvalue weighted by atomic mass is 9.43. The lowest BCUT2D eigenvalue weighted by Gasteiger charge is -2.65. The number of likely N-dealkylation sites (tertiary alicyclic amines) is 3. The van der Waals surface area contributed by atoms with E-state index in [1.165, 1.54) is 11.1 Å². The Morgan fingerprint density at radius 3 is 2.24 bits per heavy atom. The van der Waals surface area contributed by atoms with Crippen LogP contribution in [0.2, 0.25) is 5.02 Å². The van der Waals surface area contributed by atoms with Gasteiger partial charge in [-0.05, 0) is 163 Å². The smallest absolute Gasteiger partial charge is 0.248 e. The summed E-state index contributed by atoms with van der Waals surface area (Å²) in [5.41, 5.74) is 10.7. The molecule has 2 bridgehead atoms. The average Bonchev–Trinajstić information content (AvgIpc) is 3.90. The largest absolute Gasteiger partial charge is 0.504 e. The molecule has 75 heavy (non-hydrogen) atoms. The van der Waals surface area contributed by atoms with E-state index in [1.807, 2.05) is 48.2 Å². The van der Waals surface area contributed by atoms with Crippen molar-refractivity contribution in [1.29, 1.82) is 0 Å². The Balaban J connectivity index is 0.647. The standard InChI is InChI=1S/C56H73ClN8O10/c1-35-5-11-41(29-42(35)57)65(21-4-20-63-22-14-37(15-23-63)27-36-6-8-38(9-7-36)53(58)71)54(72)39-16-24-64(25-17-39)49(70)33-74-31-47(68)60-34-59-46(67)30-73-32-48(69)61-43-13-18-55(2)45-28-40-10-12-44(66)51-50(40)56(55,52(43)75-51)19-26-62(45)3/h5-12,29,37,39,43,45,52,66H,4,13-28,30-34H2,1-3H3,(H2,58,71)(H,59,67)(H,60,68)(H,61,69)/t43-,45?,52-,55-,56?/m0/s1. The first kappa shape index (κ1) is 54.0. The van der Waals surface area contributed by atoms with Gasteiger partial charge in [0.15, 0.2) is 11.5 Å². The number of benzene rings is 3. The van der Waals surface area contributed by atoms with E-state index >= 15 is 0 Å². The van der Waals surface area contributed by atoms with Gasteiger partial charge in [0.05, 0.1) is 12.7 Å². The predicted octanol–water partition coefficient (Wildman–Crippen LogP) is 3.84. The maximum absolute atomic E-state index is 14.2. The van der Waals surface area contributed by atoms with Crippen molar-refractivity contribution < 1.29 is 48.1 Å². The van der Waals surface area contributed by atoms with Crippen LogP contribution in [-0.2, 0) is 51.7 Å². The van der Waals surface area contributed by atoms with Gasteiger partial charge in [-0.15, -0.1) is 0 Å². The number of piperidine rings is 3. The van der Waals surface area contributed by atoms with Crippen LogP contribution < -0.4 is 31.3 Å². The number of amides is 6. The first-order valence-corrected chi connectivity index (χ1v) is 27.1. The number of nitrogens with two attached hydrogens (primary N) is 1. The van der Waals surface area contributed by atoms with Gasteiger partial charge in [-0.2, -0.15) is 0 Å². The van der Waals surface area contributed by atoms with Gasteiger partial charge in [-0.25, -0.2) is 0 Å². The number of anilines is 1. The first-order valence-electron chi connectivity index (χ1n) is 26.7. The second-order valence-corrected chi connectivity index (χ2v) is 22.3. The van der Waals surface area contributed by atoms with E-state index in [2.05, 4.69) is 39.7 Å². The molecule has 3 saturated heterocycles. The Bertz CT molecular complexity index is 2620. The number of likely N-dealkylation sites (N-methyl/N-ethyl adjacent to an activating group) is 1. The van der Waals surface area contributed by atoms with Crippen LogP contribution in [0.25, 0.3) is 0 Å². The average molecular weight is 1050 g/mol. The van der Waals surface area contributed by atoms with Gasteiger partial charge in [-0.1, -0.05) is 42.8 Å². The van der Waals surface area contributed by atoms with E-state index in [0.717, 1.165) is 87.9 Å². The second kappa shape index (κ2) is 23.2. The molecule has 1 saturated carbocycles. The molecule has 6 aliphatic rings. The third kappa shape index (κ3) is 11.5. The molecule has 4 fully saturated rings. The molecule has 3 aromatic carbocycles. The maximum atomic E-state index is 14.2. The van der Waals surface area contributed by atoms with Crippen molar-refractivity contribution in [2.75, 3.05) is 90.9 Å². The van der Waals surface area contributed by atoms with Crippen molar-refractivity contribution >= 4 is 52.7 Å². The van der Waals surface area contributed by atoms with Gasteiger partial charge < -0.3 is 60.6 Å². The normalized spacial score (nSPS) is 24.4. The molecule has 404 valence electrons. The fourth-order valence-electron chi connectivity index (χ4n) is 13.2. The molecular weight excluding hydrogens is 980 g/mol. The van der Waals surface area contributed by atoms with Crippen molar-refractivity contribution in [1.82, 2.24) is 30.7 Å². The highest BCUT2D eigenvalue weighted by molar-refractivity contribution is 6.31. The second-order valence-electron chi connectivity index (χ2n) is 21.9. The van der Waals surface area contributed by atoms with Gasteiger partial charge in [-0.3, -0.25) is 28.8 Å². The lowest BCUT2D eigenvalue weighted by Crippen LogP contribution is -2.73. The third-order valence-corrected chi connectivity index (χ3v) is 17.8. The van der Waals surface area contributed by atoms with Crippen molar-refractivity contribution in [3.63, 3.8) is 0 Å². The number of primary amides is 1. The number of aryl methyl sites for hydroxylation is 1. The van der Waals surface area contributed by atoms with Crippen LogP contribution in [0.15, 0.2) is 54.6 Å². The zero-order valence-electron chi connectivity index (χ0n) is 43.5. The molecule has 4 heterocycles. The van der Waals surface area contributed by atoms with E-state index in [1.54, 1.807) is 23.1 Å². The highest BCUT2D eigenvalue weighted by Crippen LogP contribution is 2.68. The number of nitrogens with zero attached hydrogens (tertiary/aromatic N) is 4. The monoisotopic (exact) mass is 1050 g/mol. The van der Waals surface area contributed by atoms with Gasteiger partial charge in [0.25, 0.3) is 0 Å². The van der Waals surface area contributed by atoms with Crippen molar-refractivity contribution in [2.24, 2.45) is 23.0 Å². The molecule has 5 atom stereocenters. The number of phenolic OH excluding ortho intramolecular Hbond substituents is 1. The minimum atomic E-state index is -0.535. The number of hydrogen-bond acceptors (Lipinski definition) is 12. The van der Waals surface area contributed by atoms with E-state index < -0.39 is 30.9 Å². The summed E-state index contributed by atoms with van der Waals surface area (Å²) in [4.78, 5) is 85.4. The maximum Gasteiger partial charge on any atom is 0.248 e. The number of halogens is 1. The van der Waals surface area contributed by atoms with Crippen LogP contribution in [0.5, 0.6) is 11.5 Å². The number of phenols is 1. The SMILES string of the molecule is Cc1ccc(N(CCCN2CCC(Cc3ccc(C(N)=O)cc3)CC2)C(=O)C2CCN(C(=O)COCC(=O)NCNC(=O)COCC(=O)N[C@H]3CC[C@@]4(C)C5Cc6ccc(O)c7c6C4(CCN5C)[C@H]3O7)CC2)cc1Cl. The van der Waals surface area contributed by atoms with Crippen molar-refractivity contribution in [3.8, 4) is 11.5 Å². The molecule has 1 spiro atoms. The zero-order valence-corrected chi connectivity index (χ0v) is 44.3. The molecule has 4 aliphatic heterocycles. The summed E-state index contributed by atoms with van der Waals surface area (Å²) in [6, 6.07) is 17.0. The Kier molecular flexibility index (Phi) is 16.7. The van der Waals surface area contributed by atoms with Crippen LogP contribution in [0.4, 0.5) is 5.69 Å². The van der Waals surface area contributed by atoms with Crippen LogP contribution in [0.1, 0.15) is 90.9 Å². The minimum Gasteiger partial charge on any atom is -0.504 e. The molecule has 2 aliphatic carbocycles. The summed E-state index contributed by atoms with van der Waals surface area (Å²) in [5, 5.41) is 19.6. The number of hydrogen-bond donors (Lipinski definition) is 5. The Hall–Kier alpha value is -5.79. The highest BCUT2D eigenvalue weighted by Gasteiger charge is 2.71. The number of carbonyl (C=O) groups excluding carboxylic acids is 6. The molecule has 0 aromatic heterocycles. The van der Waals surface area contributed by atoms with Crippen LogP contribution >= 0.6 is 11.6 Å². The quantitative estimate of drug-likeness (QED) is 0.102. The predicted molar refractivity (Wildman–Crippen MR) is 281 cm³/mol. The topological polar surface area (TPSA) is 225 Å². The van der Waals surface area contributed by atoms with Crippen LogP contribution in [0, 0.1) is 24.2 Å². The van der Waals surface area contributed by atoms with Gasteiger partial charge in [0, 0.05) is 58.8 Å². The Morgan fingerprint density at radius 1 is 0.853 bits per heavy atom. The fraction of sp³-hybridized carbons (Fsp3) is 0.571. The molecule has 9 rings (SSSR count). The molecule has 6 amide bonds. The zero-order chi connectivity index (χ0) is 53.0. The number of nitrogens with one attached hydrogen (secondary N) is 3. The molecule has 19 heteroatoms. The van der Waals surface area contributed by atoms with E-state index in [0.29, 0.717) is 67.2 Å². The highest BCUT2D eigenvalue weighted by atomic mass is 35.5. The van der Waals surface area contributed by atoms with E-state index in [4.69, 9.17) is 31.5 Å². The van der Waals surface area contributed by atoms with Crippen molar-refractivity contribution in [2.45, 2.75) is 102 Å². The Labute approximate surface area is 444 Å². The van der Waals surface area contributed by atoms with Crippen LogP contribution in [-0.4, -0.2) is 159 Å². The van der Waals surface area contributed by atoms with Crippen LogP contribution in [0.3, 0.4) is 0 Å². The summed E-state index contributed by atoms with van der Waals surface area (Å²) >= 11 is 6.55. The lowest BCUT2D eigenvalue weighted by molar-refractivity contribution is -0.141. The molecule has 2 unspecified atom stereocenters. The van der Waals surface area contributed by atoms with Gasteiger partial charge in [0.1, 0.15) is 32.5 Å². The van der Waals surface area contributed by atoms with Gasteiger partial charge >= 0.3 is 0 Å². The molecule has 18 nitrogen and oxygen atoms in total. The summed E-state index contributed by atoms with van der Waals surface area (Å²) in [5.74, 6) is -1.18. The fourth-order valence-corrected chi connectivity index (χ4v) is 13.4. The van der Waals surface area contributed by atoms with E-state index in [9.17, 15) is 33.9 Å². The minimum absolute atomic E-state index is 0.0124. The van der Waals surface area contributed by atoms with Crippen molar-refractivity contribution in [3.05, 3.63) is 87.4 Å². The number of carbonyl (C=O) groups is 6. The summed E-state index contributed by atoms with van der Waals surface area (Å²) in [6.07, 6.45) is 7.89. The summed E-state index contributed by atoms with van der Waals surface area (Å²) in [7, 11) is 2.18. The third-order valence-electron chi connectivity index (χ3n) is 17.4. The molecule has 3 aromatic rings. The summed E-state index contributed by atoms with van der Waals surface area (Å²) < 4.78 is 17.5. The number of rotatable bonds is 20. The molecule has 0 radical (unpaired) electrons. The number of aromatic hydroxyl groups is 1. The summed E-state index contributed by atoms with van der Waals surface area (Å²) in [6.45, 7) is 7.62. The Morgan fingerprint density at radius 2 is 1.55 bits per heavy atom. The molecular formula is C56H73ClN8O10. The van der Waals surface area contributed by atoms with E-state index in [-0.39, 0.29) is 72.2 Å². The van der Waals surface area contributed by atoms with Gasteiger partial charge in [0.2, 0.25) is 35.4 Å².